The molecule has 1 aliphatic heterocycles. The number of hydrogen-bond acceptors (Lipinski definition) is 2. The molecule has 1 aromatic rings. The lowest BCUT2D eigenvalue weighted by Crippen LogP contribution is -2.44. The van der Waals surface area contributed by atoms with Gasteiger partial charge in [0.15, 0.2) is 0 Å². The molecule has 18 heavy (non-hydrogen) atoms. The van der Waals surface area contributed by atoms with Gasteiger partial charge in [-0.2, -0.15) is 0 Å². The third kappa shape index (κ3) is 2.91. The maximum absolute atomic E-state index is 11.3. The smallest absolute Gasteiger partial charge is 0.320 e. The van der Waals surface area contributed by atoms with Crippen LogP contribution in [0.25, 0.3) is 0 Å². The van der Waals surface area contributed by atoms with Crippen LogP contribution in [0.5, 0.6) is 0 Å². The molecule has 2 rings (SSSR count). The normalized spacial score (nSPS) is 20.9. The minimum Gasteiger partial charge on any atom is -0.480 e. The molecule has 0 spiro atoms. The van der Waals surface area contributed by atoms with E-state index in [-0.39, 0.29) is 6.04 Å². The molecule has 0 bridgehead atoms. The van der Waals surface area contributed by atoms with Crippen LogP contribution in [0.4, 0.5) is 0 Å². The zero-order chi connectivity index (χ0) is 13.1. The maximum Gasteiger partial charge on any atom is 0.320 e. The van der Waals surface area contributed by atoms with Gasteiger partial charge in [0.2, 0.25) is 0 Å². The summed E-state index contributed by atoms with van der Waals surface area (Å²) in [6.07, 6.45) is 2.91. The predicted molar refractivity (Wildman–Crippen MR) is 71.6 cm³/mol. The number of rotatable bonds is 3. The van der Waals surface area contributed by atoms with Crippen molar-refractivity contribution >= 4 is 5.97 Å². The van der Waals surface area contributed by atoms with E-state index >= 15 is 0 Å². The molecule has 0 aliphatic carbocycles. The number of benzene rings is 1. The quantitative estimate of drug-likeness (QED) is 0.892. The summed E-state index contributed by atoms with van der Waals surface area (Å²) in [5, 5.41) is 9.27. The molecular weight excluding hydrogens is 226 g/mol. The third-order valence-electron chi connectivity index (χ3n) is 3.78. The molecule has 0 aromatic heterocycles. The number of nitrogens with zero attached hydrogens (tertiary/aromatic N) is 1. The second-order valence-corrected chi connectivity index (χ2v) is 5.25. The van der Waals surface area contributed by atoms with Gasteiger partial charge in [-0.15, -0.1) is 0 Å². The summed E-state index contributed by atoms with van der Waals surface area (Å²) in [5.74, 6) is -0.681. The molecule has 0 saturated carbocycles. The van der Waals surface area contributed by atoms with Crippen LogP contribution in [0.15, 0.2) is 18.2 Å². The third-order valence-corrected chi connectivity index (χ3v) is 3.78. The van der Waals surface area contributed by atoms with E-state index in [4.69, 9.17) is 0 Å². The molecule has 1 aromatic carbocycles. The maximum atomic E-state index is 11.3. The van der Waals surface area contributed by atoms with Crippen LogP contribution in [0.3, 0.4) is 0 Å². The number of likely N-dealkylation sites (tertiary alicyclic amines) is 1. The average Bonchev–Trinajstić information content (AvgIpc) is 2.34. The highest BCUT2D eigenvalue weighted by molar-refractivity contribution is 5.73. The highest BCUT2D eigenvalue weighted by Crippen LogP contribution is 2.21. The Kier molecular flexibility index (Phi) is 4.02. The number of carbonyl (C=O) groups is 1. The van der Waals surface area contributed by atoms with E-state index in [2.05, 4.69) is 36.9 Å². The Bertz CT molecular complexity index is 442. The van der Waals surface area contributed by atoms with E-state index in [1.165, 1.54) is 16.7 Å². The van der Waals surface area contributed by atoms with E-state index in [0.29, 0.717) is 0 Å². The van der Waals surface area contributed by atoms with Crippen molar-refractivity contribution in [3.8, 4) is 0 Å². The largest absolute Gasteiger partial charge is 0.480 e. The Morgan fingerprint density at radius 2 is 2.17 bits per heavy atom. The van der Waals surface area contributed by atoms with E-state index in [9.17, 15) is 9.90 Å². The van der Waals surface area contributed by atoms with Gasteiger partial charge in [0.05, 0.1) is 0 Å². The fraction of sp³-hybridized carbons (Fsp3) is 0.533. The number of carboxylic acid groups (broad SMARTS) is 1. The van der Waals surface area contributed by atoms with Crippen molar-refractivity contribution < 1.29 is 9.90 Å². The number of aryl methyl sites for hydroxylation is 2. The van der Waals surface area contributed by atoms with Crippen LogP contribution in [0.2, 0.25) is 0 Å². The molecule has 3 heteroatoms. The fourth-order valence-corrected chi connectivity index (χ4v) is 2.65. The van der Waals surface area contributed by atoms with Crippen molar-refractivity contribution in [2.24, 2.45) is 0 Å². The van der Waals surface area contributed by atoms with Gasteiger partial charge in [-0.3, -0.25) is 9.69 Å². The van der Waals surface area contributed by atoms with Crippen LogP contribution in [0, 0.1) is 13.8 Å². The molecule has 3 nitrogen and oxygen atoms in total. The Hall–Kier alpha value is -1.35. The van der Waals surface area contributed by atoms with Gasteiger partial charge in [-0.25, -0.2) is 0 Å². The Morgan fingerprint density at radius 3 is 2.89 bits per heavy atom. The number of carboxylic acids is 1. The van der Waals surface area contributed by atoms with Crippen molar-refractivity contribution in [1.82, 2.24) is 4.90 Å². The van der Waals surface area contributed by atoms with E-state index < -0.39 is 5.97 Å². The molecule has 1 fully saturated rings. The molecule has 0 amide bonds. The first-order valence-electron chi connectivity index (χ1n) is 6.61. The Balaban J connectivity index is 2.15. The highest BCUT2D eigenvalue weighted by Gasteiger charge is 2.28. The second kappa shape index (κ2) is 5.53. The molecule has 1 aliphatic rings. The zero-order valence-corrected chi connectivity index (χ0v) is 11.1. The van der Waals surface area contributed by atoms with Crippen molar-refractivity contribution in [1.29, 1.82) is 0 Å². The summed E-state index contributed by atoms with van der Waals surface area (Å²) in [7, 11) is 0. The lowest BCUT2D eigenvalue weighted by Gasteiger charge is -2.33. The standard InChI is InChI=1S/C15H21NO2/c1-11-6-7-12(2)13(9-11)10-16-8-4-3-5-14(16)15(17)18/h6-7,9,14H,3-5,8,10H2,1-2H3,(H,17,18). The molecule has 0 radical (unpaired) electrons. The van der Waals surface area contributed by atoms with E-state index in [1.807, 2.05) is 0 Å². The average molecular weight is 247 g/mol. The fourth-order valence-electron chi connectivity index (χ4n) is 2.65. The van der Waals surface area contributed by atoms with Gasteiger partial charge >= 0.3 is 5.97 Å². The molecule has 1 N–H and O–H groups in total. The highest BCUT2D eigenvalue weighted by atomic mass is 16.4. The lowest BCUT2D eigenvalue weighted by molar-refractivity contribution is -0.144. The molecule has 1 saturated heterocycles. The zero-order valence-electron chi connectivity index (χ0n) is 11.1. The first kappa shape index (κ1) is 13.1. The predicted octanol–water partition coefficient (Wildman–Crippen LogP) is 2.74. The summed E-state index contributed by atoms with van der Waals surface area (Å²) in [5.41, 5.74) is 3.73. The first-order valence-corrected chi connectivity index (χ1v) is 6.61. The molecule has 98 valence electrons. The van der Waals surface area contributed by atoms with Crippen LogP contribution in [-0.2, 0) is 11.3 Å². The van der Waals surface area contributed by atoms with Crippen LogP contribution in [0.1, 0.15) is 36.0 Å². The van der Waals surface area contributed by atoms with E-state index in [0.717, 1.165) is 32.4 Å². The summed E-state index contributed by atoms with van der Waals surface area (Å²) in [6, 6.07) is 6.08. The molecular formula is C15H21NO2. The van der Waals surface area contributed by atoms with Crippen LogP contribution < -0.4 is 0 Å². The SMILES string of the molecule is Cc1ccc(C)c(CN2CCCCC2C(=O)O)c1. The summed E-state index contributed by atoms with van der Waals surface area (Å²) in [6.45, 7) is 5.82. The van der Waals surface area contributed by atoms with Crippen molar-refractivity contribution in [2.75, 3.05) is 6.54 Å². The topological polar surface area (TPSA) is 40.5 Å². The van der Waals surface area contributed by atoms with E-state index in [1.54, 1.807) is 0 Å². The van der Waals surface area contributed by atoms with Gasteiger partial charge in [-0.1, -0.05) is 30.2 Å². The molecule has 1 atom stereocenters. The number of piperidine rings is 1. The number of aliphatic carboxylic acids is 1. The van der Waals surface area contributed by atoms with Gasteiger partial charge in [0.1, 0.15) is 6.04 Å². The van der Waals surface area contributed by atoms with Gasteiger partial charge in [0.25, 0.3) is 0 Å². The number of hydrogen-bond donors (Lipinski definition) is 1. The second-order valence-electron chi connectivity index (χ2n) is 5.25. The molecule has 1 unspecified atom stereocenters. The van der Waals surface area contributed by atoms with Crippen molar-refractivity contribution in [3.05, 3.63) is 34.9 Å². The molecule has 1 heterocycles. The monoisotopic (exact) mass is 247 g/mol. The van der Waals surface area contributed by atoms with Crippen molar-refractivity contribution in [2.45, 2.75) is 45.7 Å². The minimum atomic E-state index is -0.681. The summed E-state index contributed by atoms with van der Waals surface area (Å²) < 4.78 is 0. The van der Waals surface area contributed by atoms with Crippen LogP contribution >= 0.6 is 0 Å². The minimum absolute atomic E-state index is 0.307. The van der Waals surface area contributed by atoms with Gasteiger partial charge < -0.3 is 5.11 Å². The van der Waals surface area contributed by atoms with Crippen LogP contribution in [-0.4, -0.2) is 28.6 Å². The van der Waals surface area contributed by atoms with Gasteiger partial charge in [0, 0.05) is 6.54 Å². The van der Waals surface area contributed by atoms with Crippen molar-refractivity contribution in [3.63, 3.8) is 0 Å². The lowest BCUT2D eigenvalue weighted by atomic mass is 9.99. The first-order chi connectivity index (χ1) is 8.58. The van der Waals surface area contributed by atoms with Gasteiger partial charge in [-0.05, 0) is 44.4 Å². The summed E-state index contributed by atoms with van der Waals surface area (Å²) >= 11 is 0. The Morgan fingerprint density at radius 1 is 1.39 bits per heavy atom. The summed E-state index contributed by atoms with van der Waals surface area (Å²) in [4.78, 5) is 13.4. The Labute approximate surface area is 108 Å².